The van der Waals surface area contributed by atoms with Gasteiger partial charge in [-0.15, -0.1) is 0 Å². The van der Waals surface area contributed by atoms with Gasteiger partial charge in [0, 0.05) is 6.54 Å². The van der Waals surface area contributed by atoms with E-state index in [-0.39, 0.29) is 5.95 Å². The van der Waals surface area contributed by atoms with Gasteiger partial charge in [-0.2, -0.15) is 0 Å². The summed E-state index contributed by atoms with van der Waals surface area (Å²) in [5, 5.41) is 14.8. The molecule has 0 aliphatic carbocycles. The second-order valence-electron chi connectivity index (χ2n) is 5.24. The van der Waals surface area contributed by atoms with Gasteiger partial charge in [-0.25, -0.2) is 4.73 Å². The van der Waals surface area contributed by atoms with Crippen LogP contribution in [0.4, 0.5) is 11.8 Å². The van der Waals surface area contributed by atoms with E-state index in [2.05, 4.69) is 17.2 Å². The average molecular weight is 296 g/mol. The smallest absolute Gasteiger partial charge is 0.347 e. The molecule has 0 aliphatic rings. The van der Waals surface area contributed by atoms with Crippen LogP contribution in [0, 0.1) is 5.21 Å². The van der Waals surface area contributed by atoms with E-state index < -0.39 is 0 Å². The molecule has 6 heteroatoms. The standard InChI is InChI=1S/C15H28N4O2/c1-3-4-5-6-7-8-9-10-11-17-13-12-14(21-2)18-15(16)19(13)20/h12,17H,3-11H2,1-2H3,(H2,16,18). The molecule has 0 fully saturated rings. The number of nitrogens with two attached hydrogens (primary N) is 1. The lowest BCUT2D eigenvalue weighted by molar-refractivity contribution is -0.577. The predicted octanol–water partition coefficient (Wildman–Crippen LogP) is 2.86. The molecule has 1 aromatic rings. The van der Waals surface area contributed by atoms with Crippen LogP contribution in [0.2, 0.25) is 0 Å². The van der Waals surface area contributed by atoms with Gasteiger partial charge >= 0.3 is 5.95 Å². The topological polar surface area (TPSA) is 87.1 Å². The molecule has 1 heterocycles. The molecule has 0 atom stereocenters. The number of unbranched alkanes of at least 4 members (excludes halogenated alkanes) is 7. The highest BCUT2D eigenvalue weighted by Crippen LogP contribution is 2.13. The molecule has 21 heavy (non-hydrogen) atoms. The zero-order valence-electron chi connectivity index (χ0n) is 13.2. The van der Waals surface area contributed by atoms with Crippen LogP contribution in [0.3, 0.4) is 0 Å². The largest absolute Gasteiger partial charge is 0.754 e. The molecular formula is C15H28N4O2. The van der Waals surface area contributed by atoms with Crippen LogP contribution in [0.5, 0.6) is 5.88 Å². The first-order chi connectivity index (χ1) is 10.2. The fourth-order valence-electron chi connectivity index (χ4n) is 2.19. The summed E-state index contributed by atoms with van der Waals surface area (Å²) in [6.07, 6.45) is 10.1. The van der Waals surface area contributed by atoms with E-state index in [1.807, 2.05) is 0 Å². The highest BCUT2D eigenvalue weighted by atomic mass is 16.5. The molecule has 0 spiro atoms. The van der Waals surface area contributed by atoms with E-state index >= 15 is 0 Å². The number of hydrogen-bond donors (Lipinski definition) is 2. The number of ether oxygens (including phenoxy) is 1. The summed E-state index contributed by atoms with van der Waals surface area (Å²) in [4.78, 5) is 3.81. The maximum Gasteiger partial charge on any atom is 0.347 e. The molecular weight excluding hydrogens is 268 g/mol. The highest BCUT2D eigenvalue weighted by Gasteiger charge is 2.09. The van der Waals surface area contributed by atoms with Crippen LogP contribution in [-0.2, 0) is 0 Å². The minimum atomic E-state index is -0.104. The minimum absolute atomic E-state index is 0.104. The van der Waals surface area contributed by atoms with E-state index in [1.165, 1.54) is 52.1 Å². The number of nitrogens with one attached hydrogen (secondary N) is 1. The summed E-state index contributed by atoms with van der Waals surface area (Å²) in [6.45, 7) is 2.98. The summed E-state index contributed by atoms with van der Waals surface area (Å²) in [5.74, 6) is 0.632. The van der Waals surface area contributed by atoms with Gasteiger partial charge < -0.3 is 21.0 Å². The first-order valence-corrected chi connectivity index (χ1v) is 7.87. The molecule has 3 N–H and O–H groups in total. The van der Waals surface area contributed by atoms with Crippen molar-refractivity contribution in [3.8, 4) is 5.88 Å². The molecule has 1 rings (SSSR count). The van der Waals surface area contributed by atoms with Crippen molar-refractivity contribution in [2.24, 2.45) is 0 Å². The van der Waals surface area contributed by atoms with Crippen molar-refractivity contribution in [1.82, 2.24) is 4.98 Å². The predicted molar refractivity (Wildman–Crippen MR) is 85.3 cm³/mol. The number of rotatable bonds is 11. The number of nitrogens with zero attached hydrogens (tertiary/aromatic N) is 2. The first-order valence-electron chi connectivity index (χ1n) is 7.87. The van der Waals surface area contributed by atoms with Gasteiger partial charge in [0.25, 0.3) is 5.88 Å². The number of anilines is 2. The number of aromatic nitrogens is 2. The second kappa shape index (κ2) is 10.1. The van der Waals surface area contributed by atoms with Crippen LogP contribution >= 0.6 is 0 Å². The molecule has 120 valence electrons. The van der Waals surface area contributed by atoms with E-state index in [0.717, 1.165) is 13.0 Å². The lowest BCUT2D eigenvalue weighted by Crippen LogP contribution is -2.35. The molecule has 0 bridgehead atoms. The Hall–Kier alpha value is -1.72. The van der Waals surface area contributed by atoms with Gasteiger partial charge in [0.15, 0.2) is 0 Å². The van der Waals surface area contributed by atoms with Gasteiger partial charge in [0.05, 0.1) is 13.2 Å². The van der Waals surface area contributed by atoms with Gasteiger partial charge in [-0.05, 0) is 6.42 Å². The third kappa shape index (κ3) is 6.51. The summed E-state index contributed by atoms with van der Waals surface area (Å²) < 4.78 is 5.59. The zero-order chi connectivity index (χ0) is 15.5. The Kier molecular flexibility index (Phi) is 8.31. The SMILES string of the molecule is CCCCCCCCCCNc1cc(OC)nc(N)[n+]1[O-]. The third-order valence-corrected chi connectivity index (χ3v) is 3.46. The summed E-state index contributed by atoms with van der Waals surface area (Å²) in [6, 6.07) is 1.56. The Morgan fingerprint density at radius 1 is 1.19 bits per heavy atom. The van der Waals surface area contributed by atoms with Crippen molar-refractivity contribution in [3.05, 3.63) is 11.3 Å². The van der Waals surface area contributed by atoms with E-state index in [0.29, 0.717) is 16.4 Å². The minimum Gasteiger partial charge on any atom is -0.754 e. The summed E-state index contributed by atoms with van der Waals surface area (Å²) >= 11 is 0. The molecule has 6 nitrogen and oxygen atoms in total. The highest BCUT2D eigenvalue weighted by molar-refractivity contribution is 5.36. The van der Waals surface area contributed by atoms with Crippen molar-refractivity contribution in [3.63, 3.8) is 0 Å². The monoisotopic (exact) mass is 296 g/mol. The average Bonchev–Trinajstić information content (AvgIpc) is 2.49. The van der Waals surface area contributed by atoms with Gasteiger partial charge in [-0.1, -0.05) is 56.9 Å². The Morgan fingerprint density at radius 3 is 2.43 bits per heavy atom. The molecule has 0 aliphatic heterocycles. The van der Waals surface area contributed by atoms with Crippen LogP contribution in [0.15, 0.2) is 6.07 Å². The molecule has 0 unspecified atom stereocenters. The molecule has 0 aromatic carbocycles. The second-order valence-corrected chi connectivity index (χ2v) is 5.24. The van der Waals surface area contributed by atoms with Crippen molar-refractivity contribution in [1.29, 1.82) is 0 Å². The van der Waals surface area contributed by atoms with Gasteiger partial charge in [0.1, 0.15) is 0 Å². The van der Waals surface area contributed by atoms with Crippen molar-refractivity contribution >= 4 is 11.8 Å². The molecule has 0 radical (unpaired) electrons. The maximum atomic E-state index is 11.7. The Morgan fingerprint density at radius 2 is 1.81 bits per heavy atom. The van der Waals surface area contributed by atoms with Crippen LogP contribution in [0.1, 0.15) is 58.3 Å². The lowest BCUT2D eigenvalue weighted by Gasteiger charge is -2.13. The van der Waals surface area contributed by atoms with Crippen LogP contribution in [0.25, 0.3) is 0 Å². The lowest BCUT2D eigenvalue weighted by atomic mass is 10.1. The molecule has 0 saturated heterocycles. The van der Waals surface area contributed by atoms with Crippen molar-refractivity contribution in [2.75, 3.05) is 24.7 Å². The Labute approximate surface area is 127 Å². The molecule has 0 amide bonds. The number of nitrogen functional groups attached to an aromatic ring is 1. The fraction of sp³-hybridized carbons (Fsp3) is 0.733. The molecule has 0 saturated carbocycles. The Bertz CT molecular complexity index is 413. The van der Waals surface area contributed by atoms with Crippen molar-refractivity contribution < 1.29 is 9.47 Å². The zero-order valence-corrected chi connectivity index (χ0v) is 13.2. The first kappa shape index (κ1) is 17.3. The normalized spacial score (nSPS) is 10.6. The van der Waals surface area contributed by atoms with Gasteiger partial charge in [-0.3, -0.25) is 0 Å². The summed E-state index contributed by atoms with van der Waals surface area (Å²) in [5.41, 5.74) is 5.53. The van der Waals surface area contributed by atoms with Crippen LogP contribution in [-0.4, -0.2) is 18.6 Å². The quantitative estimate of drug-likeness (QED) is 0.372. The third-order valence-electron chi connectivity index (χ3n) is 3.46. The number of methoxy groups -OCH3 is 1. The molecule has 1 aromatic heterocycles. The number of hydrogen-bond acceptors (Lipinski definition) is 5. The maximum absolute atomic E-state index is 11.7. The van der Waals surface area contributed by atoms with E-state index in [9.17, 15) is 5.21 Å². The summed E-state index contributed by atoms with van der Waals surface area (Å²) in [7, 11) is 1.50. The Balaban J connectivity index is 2.19. The fourth-order valence-corrected chi connectivity index (χ4v) is 2.19. The van der Waals surface area contributed by atoms with Crippen LogP contribution < -0.4 is 20.5 Å². The van der Waals surface area contributed by atoms with Crippen molar-refractivity contribution in [2.45, 2.75) is 58.3 Å². The van der Waals surface area contributed by atoms with Gasteiger partial charge in [0.2, 0.25) is 5.82 Å². The van der Waals surface area contributed by atoms with E-state index in [1.54, 1.807) is 6.07 Å². The van der Waals surface area contributed by atoms with E-state index in [4.69, 9.17) is 10.5 Å².